The van der Waals surface area contributed by atoms with E-state index in [-0.39, 0.29) is 5.43 Å². The second-order valence-electron chi connectivity index (χ2n) is 17.0. The normalized spacial score (nSPS) is 12.0. The third kappa shape index (κ3) is 5.30. The van der Waals surface area contributed by atoms with Gasteiger partial charge in [0.15, 0.2) is 0 Å². The summed E-state index contributed by atoms with van der Waals surface area (Å²) in [7, 11) is 0. The Morgan fingerprint density at radius 1 is 0.348 bits per heavy atom. The van der Waals surface area contributed by atoms with Crippen LogP contribution < -0.4 is 5.43 Å². The van der Waals surface area contributed by atoms with Crippen LogP contribution in [0.4, 0.5) is 0 Å². The summed E-state index contributed by atoms with van der Waals surface area (Å²) in [5, 5.41) is 9.97. The number of para-hydroxylation sites is 7. The molecule has 0 radical (unpaired) electrons. The fourth-order valence-electron chi connectivity index (χ4n) is 10.4. The quantitative estimate of drug-likeness (QED) is 0.166. The van der Waals surface area contributed by atoms with Crippen molar-refractivity contribution in [2.45, 2.75) is 0 Å². The second-order valence-corrected chi connectivity index (χ2v) is 17.0. The maximum Gasteiger partial charge on any atom is 0.200 e. The van der Waals surface area contributed by atoms with Gasteiger partial charge in [-0.1, -0.05) is 115 Å². The van der Waals surface area contributed by atoms with E-state index < -0.39 is 0 Å². The Balaban J connectivity index is 1.23. The predicted molar refractivity (Wildman–Crippen MR) is 272 cm³/mol. The summed E-state index contributed by atoms with van der Waals surface area (Å²) in [6.07, 6.45) is 1.85. The molecule has 0 fully saturated rings. The van der Waals surface area contributed by atoms with E-state index in [0.29, 0.717) is 21.9 Å². The SMILES string of the molecule is O=c1c2ccccc2oc2cc3c(cc12)c1cc(-c2cccc4c2oc2ccccc24)ccc1c1cc2c(cc1c1cccnc13)n(-c1ccccc1)c1ccccc1n2-c1ccccc1. The number of benzene rings is 9. The summed E-state index contributed by atoms with van der Waals surface area (Å²) in [6, 6.07) is 71.5. The average Bonchev–Trinajstić information content (AvgIpc) is 3.76. The van der Waals surface area contributed by atoms with Crippen molar-refractivity contribution in [2.24, 2.45) is 0 Å². The van der Waals surface area contributed by atoms with Crippen molar-refractivity contribution in [3.63, 3.8) is 0 Å². The monoisotopic (exact) mass is 845 g/mol. The van der Waals surface area contributed by atoms with Crippen LogP contribution in [-0.4, -0.2) is 14.1 Å². The first-order chi connectivity index (χ1) is 32.7. The lowest BCUT2D eigenvalue weighted by Gasteiger charge is -2.23. The Labute approximate surface area is 375 Å². The molecule has 308 valence electrons. The van der Waals surface area contributed by atoms with Gasteiger partial charge in [-0.15, -0.1) is 0 Å². The summed E-state index contributed by atoms with van der Waals surface area (Å²) < 4.78 is 18.0. The zero-order valence-corrected chi connectivity index (χ0v) is 35.3. The van der Waals surface area contributed by atoms with Crippen molar-refractivity contribution in [1.82, 2.24) is 14.1 Å². The topological polar surface area (TPSA) is 66.1 Å². The summed E-state index contributed by atoms with van der Waals surface area (Å²) in [6.45, 7) is 0. The van der Waals surface area contributed by atoms with Crippen LogP contribution in [0, 0.1) is 0 Å². The van der Waals surface area contributed by atoms with Gasteiger partial charge in [0.05, 0.1) is 38.4 Å². The molecule has 0 aliphatic heterocycles. The molecule has 66 heavy (non-hydrogen) atoms. The number of rotatable bonds is 3. The van der Waals surface area contributed by atoms with Gasteiger partial charge in [-0.2, -0.15) is 0 Å². The lowest BCUT2D eigenvalue weighted by Crippen LogP contribution is -2.08. The predicted octanol–water partition coefficient (Wildman–Crippen LogP) is 15.5. The number of nitrogens with zero attached hydrogens (tertiary/aromatic N) is 3. The Hall–Kier alpha value is -9.00. The maximum atomic E-state index is 14.5. The highest BCUT2D eigenvalue weighted by molar-refractivity contribution is 6.28. The molecule has 6 heteroatoms. The minimum Gasteiger partial charge on any atom is -0.456 e. The summed E-state index contributed by atoms with van der Waals surface area (Å²) >= 11 is 0. The molecule has 0 N–H and O–H groups in total. The van der Waals surface area contributed by atoms with Gasteiger partial charge in [0.25, 0.3) is 0 Å². The largest absolute Gasteiger partial charge is 0.456 e. The van der Waals surface area contributed by atoms with Crippen molar-refractivity contribution in [3.8, 4) is 22.5 Å². The molecule has 0 aliphatic carbocycles. The standard InChI is InChI=1S/C60H35N3O3/c64-59-44-20-8-12-27-56(44)65-57-35-49-46(32-50(57)59)45-31-36(39-21-13-22-43-41-19-7-11-26-55(41)66-60(39)43)28-29-40(45)47-33-53-54(34-48(47)42-23-14-30-61-58(42)49)63(38-17-5-2-6-18-38)52-25-10-9-24-51(52)62(53)37-15-3-1-4-16-37/h1-35H. The molecule has 14 rings (SSSR count). The van der Waals surface area contributed by atoms with Crippen molar-refractivity contribution < 1.29 is 8.83 Å². The molecule has 0 saturated carbocycles. The number of pyridine rings is 1. The van der Waals surface area contributed by atoms with Crippen molar-refractivity contribution in [2.75, 3.05) is 0 Å². The number of hydrogen-bond donors (Lipinski definition) is 0. The number of aromatic nitrogens is 3. The summed E-state index contributed by atoms with van der Waals surface area (Å²) in [5.41, 5.74) is 11.7. The first-order valence-electron chi connectivity index (χ1n) is 22.1. The second kappa shape index (κ2) is 14.0. The van der Waals surface area contributed by atoms with Crippen LogP contribution in [0.25, 0.3) is 132 Å². The molecule has 0 bridgehead atoms. The van der Waals surface area contributed by atoms with E-state index in [1.165, 1.54) is 0 Å². The van der Waals surface area contributed by atoms with Gasteiger partial charge < -0.3 is 18.0 Å². The fourth-order valence-corrected chi connectivity index (χ4v) is 10.4. The lowest BCUT2D eigenvalue weighted by atomic mass is 9.92. The third-order valence-electron chi connectivity index (χ3n) is 13.4. The molecule has 0 atom stereocenters. The van der Waals surface area contributed by atoms with Crippen LogP contribution in [-0.2, 0) is 0 Å². The van der Waals surface area contributed by atoms with Gasteiger partial charge in [-0.05, 0) is 123 Å². The van der Waals surface area contributed by atoms with E-state index in [4.69, 9.17) is 13.8 Å². The highest BCUT2D eigenvalue weighted by atomic mass is 16.3. The highest BCUT2D eigenvalue weighted by Gasteiger charge is 2.20. The molecule has 4 aromatic heterocycles. The Kier molecular flexibility index (Phi) is 7.74. The molecule has 14 aromatic rings. The van der Waals surface area contributed by atoms with Gasteiger partial charge in [-0.25, -0.2) is 0 Å². The van der Waals surface area contributed by atoms with E-state index in [0.717, 1.165) is 110 Å². The van der Waals surface area contributed by atoms with Crippen LogP contribution in [0.1, 0.15) is 0 Å². The molecule has 10 aromatic carbocycles. The highest BCUT2D eigenvalue weighted by Crippen LogP contribution is 2.43. The van der Waals surface area contributed by atoms with Gasteiger partial charge >= 0.3 is 0 Å². The van der Waals surface area contributed by atoms with E-state index in [1.807, 2.05) is 60.8 Å². The fraction of sp³-hybridized carbons (Fsp3) is 0. The van der Waals surface area contributed by atoms with Crippen LogP contribution in [0.15, 0.2) is 226 Å². The lowest BCUT2D eigenvalue weighted by molar-refractivity contribution is 0.660. The number of fused-ring (bicyclic) bond motifs is 15. The minimum absolute atomic E-state index is 0.0738. The van der Waals surface area contributed by atoms with Crippen molar-refractivity contribution in [3.05, 3.63) is 223 Å². The zero-order valence-electron chi connectivity index (χ0n) is 35.3. The van der Waals surface area contributed by atoms with Gasteiger partial charge in [0, 0.05) is 44.7 Å². The minimum atomic E-state index is -0.0738. The Bertz CT molecular complexity index is 4480. The molecule has 6 nitrogen and oxygen atoms in total. The molecular formula is C60H35N3O3. The average molecular weight is 846 g/mol. The van der Waals surface area contributed by atoms with E-state index in [1.54, 1.807) is 0 Å². The van der Waals surface area contributed by atoms with Crippen LogP contribution in [0.2, 0.25) is 0 Å². The molecule has 0 spiro atoms. The molecule has 0 unspecified atom stereocenters. The summed E-state index contributed by atoms with van der Waals surface area (Å²) in [5.74, 6) is 0. The molecule has 0 amide bonds. The molecular weight excluding hydrogens is 811 g/mol. The van der Waals surface area contributed by atoms with Crippen molar-refractivity contribution in [1.29, 1.82) is 0 Å². The number of hydrogen-bond acceptors (Lipinski definition) is 4. The third-order valence-corrected chi connectivity index (χ3v) is 13.4. The van der Waals surface area contributed by atoms with Crippen LogP contribution in [0.5, 0.6) is 0 Å². The van der Waals surface area contributed by atoms with Gasteiger partial charge in [-0.3, -0.25) is 9.78 Å². The van der Waals surface area contributed by atoms with E-state index >= 15 is 0 Å². The van der Waals surface area contributed by atoms with E-state index in [9.17, 15) is 4.79 Å². The van der Waals surface area contributed by atoms with Gasteiger partial charge in [0.1, 0.15) is 22.3 Å². The molecule has 0 saturated heterocycles. The van der Waals surface area contributed by atoms with Crippen LogP contribution in [0.3, 0.4) is 0 Å². The Morgan fingerprint density at radius 3 is 1.65 bits per heavy atom. The maximum absolute atomic E-state index is 14.5. The smallest absolute Gasteiger partial charge is 0.200 e. The number of furan rings is 1. The zero-order chi connectivity index (χ0) is 43.5. The van der Waals surface area contributed by atoms with Crippen LogP contribution >= 0.6 is 0 Å². The first kappa shape index (κ1) is 36.5. The van der Waals surface area contributed by atoms with Crippen molar-refractivity contribution >= 4 is 109 Å². The van der Waals surface area contributed by atoms with E-state index in [2.05, 4.69) is 161 Å². The van der Waals surface area contributed by atoms with Gasteiger partial charge in [0.2, 0.25) is 5.43 Å². The summed E-state index contributed by atoms with van der Waals surface area (Å²) in [4.78, 5) is 19.7. The first-order valence-corrected chi connectivity index (χ1v) is 22.1. The molecule has 0 aliphatic rings. The Morgan fingerprint density at radius 2 is 0.924 bits per heavy atom. The molecule has 4 heterocycles.